The van der Waals surface area contributed by atoms with Gasteiger partial charge in [0.25, 0.3) is 0 Å². The molecule has 3 aromatic carbocycles. The molecule has 4 nitrogen and oxygen atoms in total. The molecular formula is C22H16ClNO3S. The number of nitriles is 1. The summed E-state index contributed by atoms with van der Waals surface area (Å²) in [6.45, 7) is 1.87. The van der Waals surface area contributed by atoms with E-state index in [1.54, 1.807) is 30.3 Å². The van der Waals surface area contributed by atoms with E-state index in [4.69, 9.17) is 15.8 Å². The summed E-state index contributed by atoms with van der Waals surface area (Å²) in [7, 11) is -3.99. The number of hydrogen-bond donors (Lipinski definition) is 0. The molecule has 0 amide bonds. The molecule has 0 aliphatic carbocycles. The molecule has 0 radical (unpaired) electrons. The van der Waals surface area contributed by atoms with Gasteiger partial charge in [0.05, 0.1) is 16.7 Å². The number of hydrogen-bond acceptors (Lipinski definition) is 4. The van der Waals surface area contributed by atoms with E-state index < -0.39 is 10.1 Å². The first-order chi connectivity index (χ1) is 13.4. The van der Waals surface area contributed by atoms with Crippen molar-refractivity contribution in [2.75, 3.05) is 0 Å². The Labute approximate surface area is 169 Å². The molecule has 0 saturated carbocycles. The number of allylic oxidation sites excluding steroid dienone is 1. The monoisotopic (exact) mass is 409 g/mol. The summed E-state index contributed by atoms with van der Waals surface area (Å²) >= 11 is 6.22. The molecule has 0 aliphatic rings. The third kappa shape index (κ3) is 4.61. The van der Waals surface area contributed by atoms with E-state index in [1.807, 2.05) is 37.3 Å². The standard InChI is InChI=1S/C22H16ClNO3S/c1-16-7-10-20(11-8-16)28(25,26)27-22-12-9-17(14-21(22)23)13-19(15-24)18-5-3-2-4-6-18/h2-14H,1H3/b19-13+. The summed E-state index contributed by atoms with van der Waals surface area (Å²) in [5.41, 5.74) is 2.85. The largest absolute Gasteiger partial charge is 0.377 e. The van der Waals surface area contributed by atoms with Crippen LogP contribution in [0.3, 0.4) is 0 Å². The van der Waals surface area contributed by atoms with E-state index in [0.29, 0.717) is 11.1 Å². The van der Waals surface area contributed by atoms with E-state index in [0.717, 1.165) is 11.1 Å². The van der Waals surface area contributed by atoms with Gasteiger partial charge in [-0.2, -0.15) is 13.7 Å². The van der Waals surface area contributed by atoms with Gasteiger partial charge in [-0.3, -0.25) is 0 Å². The van der Waals surface area contributed by atoms with E-state index in [1.165, 1.54) is 18.2 Å². The molecule has 0 unspecified atom stereocenters. The number of rotatable bonds is 5. The lowest BCUT2D eigenvalue weighted by Crippen LogP contribution is -2.10. The second kappa shape index (κ2) is 8.30. The van der Waals surface area contributed by atoms with Crippen LogP contribution >= 0.6 is 11.6 Å². The topological polar surface area (TPSA) is 67.2 Å². The minimum atomic E-state index is -3.99. The van der Waals surface area contributed by atoms with Crippen LogP contribution in [0.5, 0.6) is 5.75 Å². The van der Waals surface area contributed by atoms with Crippen molar-refractivity contribution in [3.05, 3.63) is 94.5 Å². The van der Waals surface area contributed by atoms with Crippen LogP contribution in [-0.4, -0.2) is 8.42 Å². The van der Waals surface area contributed by atoms with Crippen LogP contribution in [0.2, 0.25) is 5.02 Å². The van der Waals surface area contributed by atoms with Crippen molar-refractivity contribution in [2.24, 2.45) is 0 Å². The van der Waals surface area contributed by atoms with Crippen molar-refractivity contribution in [2.45, 2.75) is 11.8 Å². The Morgan fingerprint density at radius 2 is 1.71 bits per heavy atom. The van der Waals surface area contributed by atoms with E-state index in [9.17, 15) is 13.7 Å². The summed E-state index contributed by atoms with van der Waals surface area (Å²) in [5.74, 6) is 0.0256. The van der Waals surface area contributed by atoms with Gasteiger partial charge < -0.3 is 4.18 Å². The average Bonchev–Trinajstić information content (AvgIpc) is 2.69. The first-order valence-electron chi connectivity index (χ1n) is 8.37. The fourth-order valence-corrected chi connectivity index (χ4v) is 3.73. The molecule has 140 valence electrons. The van der Waals surface area contributed by atoms with Gasteiger partial charge in [0, 0.05) is 0 Å². The zero-order valence-corrected chi connectivity index (χ0v) is 16.5. The Balaban J connectivity index is 1.87. The average molecular weight is 410 g/mol. The second-order valence-electron chi connectivity index (χ2n) is 6.08. The Morgan fingerprint density at radius 1 is 1.04 bits per heavy atom. The van der Waals surface area contributed by atoms with Crippen LogP contribution in [0.4, 0.5) is 0 Å². The van der Waals surface area contributed by atoms with Crippen LogP contribution in [0.15, 0.2) is 77.7 Å². The minimum Gasteiger partial charge on any atom is -0.377 e. The molecule has 3 rings (SSSR count). The molecule has 6 heteroatoms. The molecule has 0 bridgehead atoms. The second-order valence-corrected chi connectivity index (χ2v) is 8.03. The smallest absolute Gasteiger partial charge is 0.339 e. The molecule has 0 aromatic heterocycles. The van der Waals surface area contributed by atoms with Crippen molar-refractivity contribution < 1.29 is 12.6 Å². The lowest BCUT2D eigenvalue weighted by molar-refractivity contribution is 0.486. The number of aryl methyl sites for hydroxylation is 1. The number of benzene rings is 3. The van der Waals surface area contributed by atoms with Gasteiger partial charge in [0.15, 0.2) is 5.75 Å². The molecule has 3 aromatic rings. The van der Waals surface area contributed by atoms with E-state index in [-0.39, 0.29) is 15.7 Å². The zero-order chi connectivity index (χ0) is 20.1. The maximum Gasteiger partial charge on any atom is 0.339 e. The molecule has 0 saturated heterocycles. The molecule has 0 heterocycles. The summed E-state index contributed by atoms with van der Waals surface area (Å²) in [6.07, 6.45) is 1.68. The molecule has 0 atom stereocenters. The lowest BCUT2D eigenvalue weighted by atomic mass is 10.0. The molecule has 0 spiro atoms. The molecule has 0 fully saturated rings. The maximum atomic E-state index is 12.4. The van der Waals surface area contributed by atoms with Gasteiger partial charge in [-0.05, 0) is 48.4 Å². The first kappa shape index (κ1) is 19.7. The Bertz CT molecular complexity index is 1160. The van der Waals surface area contributed by atoms with Crippen LogP contribution in [0.25, 0.3) is 11.6 Å². The van der Waals surface area contributed by atoms with Crippen LogP contribution in [0.1, 0.15) is 16.7 Å². The van der Waals surface area contributed by atoms with Crippen molar-refractivity contribution in [1.82, 2.24) is 0 Å². The Kier molecular flexibility index (Phi) is 5.84. The third-order valence-electron chi connectivity index (χ3n) is 3.98. The fourth-order valence-electron chi connectivity index (χ4n) is 2.51. The zero-order valence-electron chi connectivity index (χ0n) is 15.0. The molecule has 0 N–H and O–H groups in total. The van der Waals surface area contributed by atoms with Gasteiger partial charge in [-0.25, -0.2) is 0 Å². The number of halogens is 1. The van der Waals surface area contributed by atoms with Gasteiger partial charge in [-0.1, -0.05) is 65.7 Å². The van der Waals surface area contributed by atoms with Gasteiger partial charge >= 0.3 is 10.1 Å². The Morgan fingerprint density at radius 3 is 2.32 bits per heavy atom. The van der Waals surface area contributed by atoms with Crippen molar-refractivity contribution in [3.8, 4) is 11.8 Å². The third-order valence-corrected chi connectivity index (χ3v) is 5.53. The highest BCUT2D eigenvalue weighted by atomic mass is 35.5. The SMILES string of the molecule is Cc1ccc(S(=O)(=O)Oc2ccc(/C=C(\C#N)c3ccccc3)cc2Cl)cc1. The lowest BCUT2D eigenvalue weighted by Gasteiger charge is -2.09. The van der Waals surface area contributed by atoms with Gasteiger partial charge in [0.2, 0.25) is 0 Å². The van der Waals surface area contributed by atoms with Gasteiger partial charge in [-0.15, -0.1) is 0 Å². The first-order valence-corrected chi connectivity index (χ1v) is 10.2. The normalized spacial score (nSPS) is 11.7. The summed E-state index contributed by atoms with van der Waals surface area (Å²) in [4.78, 5) is 0.0500. The van der Waals surface area contributed by atoms with Crippen molar-refractivity contribution in [1.29, 1.82) is 5.26 Å². The summed E-state index contributed by atoms with van der Waals surface area (Å²) in [5, 5.41) is 9.54. The van der Waals surface area contributed by atoms with Crippen LogP contribution in [-0.2, 0) is 10.1 Å². The Hall–Kier alpha value is -3.07. The highest BCUT2D eigenvalue weighted by Crippen LogP contribution is 2.30. The van der Waals surface area contributed by atoms with Crippen LogP contribution in [0, 0.1) is 18.3 Å². The van der Waals surface area contributed by atoms with Gasteiger partial charge in [0.1, 0.15) is 4.90 Å². The number of nitrogens with zero attached hydrogens (tertiary/aromatic N) is 1. The quantitative estimate of drug-likeness (QED) is 0.318. The minimum absolute atomic E-state index is 0.0256. The molecule has 0 aliphatic heterocycles. The summed E-state index contributed by atoms with van der Waals surface area (Å²) < 4.78 is 30.0. The van der Waals surface area contributed by atoms with Crippen molar-refractivity contribution >= 4 is 33.4 Å². The van der Waals surface area contributed by atoms with Crippen molar-refractivity contribution in [3.63, 3.8) is 0 Å². The summed E-state index contributed by atoms with van der Waals surface area (Å²) in [6, 6.07) is 22.4. The van der Waals surface area contributed by atoms with E-state index in [2.05, 4.69) is 6.07 Å². The van der Waals surface area contributed by atoms with Crippen LogP contribution < -0.4 is 4.18 Å². The highest BCUT2D eigenvalue weighted by Gasteiger charge is 2.18. The maximum absolute atomic E-state index is 12.4. The predicted molar refractivity (Wildman–Crippen MR) is 110 cm³/mol. The molecular weight excluding hydrogens is 394 g/mol. The molecule has 28 heavy (non-hydrogen) atoms. The highest BCUT2D eigenvalue weighted by molar-refractivity contribution is 7.87. The predicted octanol–water partition coefficient (Wildman–Crippen LogP) is 5.48. The van der Waals surface area contributed by atoms with E-state index >= 15 is 0 Å². The fraction of sp³-hybridized carbons (Fsp3) is 0.0455.